The van der Waals surface area contributed by atoms with Gasteiger partial charge in [0.1, 0.15) is 18.8 Å². The Balaban J connectivity index is 2.83. The Hall–Kier alpha value is -2.85. The van der Waals surface area contributed by atoms with Gasteiger partial charge in [-0.2, -0.15) is 0 Å². The van der Waals surface area contributed by atoms with Gasteiger partial charge in [-0.3, -0.25) is 24.0 Å². The first-order chi connectivity index (χ1) is 20.5. The zero-order valence-corrected chi connectivity index (χ0v) is 26.0. The molecule has 1 aliphatic heterocycles. The van der Waals surface area contributed by atoms with Crippen LogP contribution in [0.4, 0.5) is 0 Å². The Kier molecular flexibility index (Phi) is 19.3. The summed E-state index contributed by atoms with van der Waals surface area (Å²) in [5.74, 6) is -2.40. The van der Waals surface area contributed by atoms with Gasteiger partial charge in [0, 0.05) is 53.8 Å². The molecule has 1 fully saturated rings. The number of ether oxygens (including phenoxy) is 5. The lowest BCUT2D eigenvalue weighted by molar-refractivity contribution is -0.277. The predicted octanol–water partition coefficient (Wildman–Crippen LogP) is -0.665. The van der Waals surface area contributed by atoms with Gasteiger partial charge >= 0.3 is 17.9 Å². The highest BCUT2D eigenvalue weighted by molar-refractivity contribution is 5.76. The monoisotopic (exact) mass is 617 g/mol. The molecule has 1 heterocycles. The van der Waals surface area contributed by atoms with E-state index in [0.29, 0.717) is 51.9 Å². The number of hydrogen-bond donors (Lipinski definition) is 4. The molecule has 0 aliphatic carbocycles. The fraction of sp³-hybridized carbons (Fsp3) is 0.821. The van der Waals surface area contributed by atoms with Crippen molar-refractivity contribution in [2.45, 2.75) is 96.9 Å². The minimum absolute atomic E-state index is 0.0287. The van der Waals surface area contributed by atoms with Crippen LogP contribution in [-0.4, -0.2) is 118 Å². The summed E-state index contributed by atoms with van der Waals surface area (Å²) >= 11 is 0. The van der Waals surface area contributed by atoms with Crippen molar-refractivity contribution in [2.75, 3.05) is 52.5 Å². The van der Waals surface area contributed by atoms with Crippen LogP contribution < -0.4 is 22.1 Å². The van der Waals surface area contributed by atoms with Gasteiger partial charge in [0.2, 0.25) is 11.8 Å². The molecule has 0 aromatic carbocycles. The second-order valence-electron chi connectivity index (χ2n) is 10.3. The quantitative estimate of drug-likeness (QED) is 0.0716. The van der Waals surface area contributed by atoms with Crippen molar-refractivity contribution >= 4 is 29.7 Å². The van der Waals surface area contributed by atoms with Crippen molar-refractivity contribution in [3.05, 3.63) is 0 Å². The third kappa shape index (κ3) is 16.0. The van der Waals surface area contributed by atoms with Gasteiger partial charge in [-0.25, -0.2) is 0 Å². The fourth-order valence-electron chi connectivity index (χ4n) is 4.56. The maximum atomic E-state index is 12.9. The van der Waals surface area contributed by atoms with E-state index in [0.717, 1.165) is 25.9 Å². The molecule has 0 spiro atoms. The molecule has 0 radical (unpaired) electrons. The average Bonchev–Trinajstić information content (AvgIpc) is 2.93. The van der Waals surface area contributed by atoms with Gasteiger partial charge < -0.3 is 50.7 Å². The van der Waals surface area contributed by atoms with E-state index >= 15 is 0 Å². The molecule has 0 bridgehead atoms. The number of nitrogens with two attached hydrogens (primary N) is 2. The van der Waals surface area contributed by atoms with Gasteiger partial charge in [0.15, 0.2) is 18.5 Å². The molecular weight excluding hydrogens is 566 g/mol. The first-order valence-corrected chi connectivity index (χ1v) is 14.9. The first-order valence-electron chi connectivity index (χ1n) is 14.9. The number of rotatable bonds is 21. The van der Waals surface area contributed by atoms with E-state index in [1.807, 2.05) is 4.90 Å². The summed E-state index contributed by atoms with van der Waals surface area (Å²) in [7, 11) is 0. The van der Waals surface area contributed by atoms with Gasteiger partial charge in [-0.1, -0.05) is 0 Å². The van der Waals surface area contributed by atoms with Crippen LogP contribution in [0.25, 0.3) is 0 Å². The van der Waals surface area contributed by atoms with E-state index in [4.69, 9.17) is 35.2 Å². The summed E-state index contributed by atoms with van der Waals surface area (Å²) in [5, 5.41) is 5.97. The molecule has 0 aromatic heterocycles. The van der Waals surface area contributed by atoms with E-state index in [9.17, 15) is 24.0 Å². The largest absolute Gasteiger partial charge is 0.463 e. The van der Waals surface area contributed by atoms with Gasteiger partial charge in [0.05, 0.1) is 0 Å². The Morgan fingerprint density at radius 3 is 2.02 bits per heavy atom. The van der Waals surface area contributed by atoms with Crippen LogP contribution in [0.5, 0.6) is 0 Å². The standard InChI is InChI=1S/C28H51N5O10/c1-19(34)32-25-27(42-22(4)37)26(41-21(3)36)23(18-40-20(2)35)43-28(25)39-17-6-5-10-24(38)33(15-8-12-30)16-9-14-31-13-7-11-29/h23,25-28,31H,5-18,29-30H2,1-4H3,(H,32,34)/t23?,25?,26-,27?,28+/m0/s1. The molecule has 0 aromatic rings. The van der Waals surface area contributed by atoms with Gasteiger partial charge in [-0.05, 0) is 58.3 Å². The highest BCUT2D eigenvalue weighted by Crippen LogP contribution is 2.28. The van der Waals surface area contributed by atoms with Crippen molar-refractivity contribution in [1.82, 2.24) is 15.5 Å². The normalized spacial score (nSPS) is 21.5. The molecule has 248 valence electrons. The van der Waals surface area contributed by atoms with Crippen LogP contribution in [0, 0.1) is 0 Å². The fourth-order valence-corrected chi connectivity index (χ4v) is 4.56. The number of nitrogens with one attached hydrogen (secondary N) is 2. The summed E-state index contributed by atoms with van der Waals surface area (Å²) in [6, 6.07) is -1.04. The highest BCUT2D eigenvalue weighted by Gasteiger charge is 2.51. The third-order valence-corrected chi connectivity index (χ3v) is 6.46. The predicted molar refractivity (Wildman–Crippen MR) is 155 cm³/mol. The SMILES string of the molecule is CC(=O)NC1C(OC(C)=O)[C@@H](OC(C)=O)C(COC(C)=O)O[C@H]1OCCCCC(=O)N(CCCN)CCCNCCCN. The molecule has 1 aliphatic rings. The number of amides is 2. The molecule has 0 saturated carbocycles. The van der Waals surface area contributed by atoms with Gasteiger partial charge in [0.25, 0.3) is 0 Å². The third-order valence-electron chi connectivity index (χ3n) is 6.46. The maximum absolute atomic E-state index is 12.9. The number of carbonyl (C=O) groups excluding carboxylic acids is 5. The van der Waals surface area contributed by atoms with Crippen molar-refractivity contribution in [3.8, 4) is 0 Å². The molecular formula is C28H51N5O10. The molecule has 15 heteroatoms. The van der Waals surface area contributed by atoms with Crippen LogP contribution in [0.2, 0.25) is 0 Å². The molecule has 15 nitrogen and oxygen atoms in total. The molecule has 6 N–H and O–H groups in total. The van der Waals surface area contributed by atoms with Crippen LogP contribution in [0.3, 0.4) is 0 Å². The Morgan fingerprint density at radius 1 is 0.791 bits per heavy atom. The minimum atomic E-state index is -1.19. The number of esters is 3. The molecule has 1 rings (SSSR count). The van der Waals surface area contributed by atoms with E-state index < -0.39 is 54.5 Å². The zero-order chi connectivity index (χ0) is 32.2. The lowest BCUT2D eigenvalue weighted by Crippen LogP contribution is -2.66. The van der Waals surface area contributed by atoms with Crippen LogP contribution in [0.1, 0.15) is 66.2 Å². The van der Waals surface area contributed by atoms with Crippen LogP contribution in [-0.2, 0) is 47.7 Å². The number of nitrogens with zero attached hydrogens (tertiary/aromatic N) is 1. The summed E-state index contributed by atoms with van der Waals surface area (Å²) in [4.78, 5) is 62.1. The van der Waals surface area contributed by atoms with Crippen molar-refractivity contribution in [2.24, 2.45) is 11.5 Å². The lowest BCUT2D eigenvalue weighted by atomic mass is 9.96. The Morgan fingerprint density at radius 2 is 1.42 bits per heavy atom. The second kappa shape index (κ2) is 21.8. The topological polar surface area (TPSA) is 211 Å². The number of unbranched alkanes of at least 4 members (excludes halogenated alkanes) is 1. The molecule has 1 saturated heterocycles. The van der Waals surface area contributed by atoms with Gasteiger partial charge in [-0.15, -0.1) is 0 Å². The zero-order valence-electron chi connectivity index (χ0n) is 26.0. The van der Waals surface area contributed by atoms with E-state index in [1.165, 1.54) is 27.7 Å². The van der Waals surface area contributed by atoms with Crippen molar-refractivity contribution < 1.29 is 47.7 Å². The van der Waals surface area contributed by atoms with Crippen molar-refractivity contribution in [1.29, 1.82) is 0 Å². The van der Waals surface area contributed by atoms with E-state index in [1.54, 1.807) is 0 Å². The molecule has 2 amide bonds. The smallest absolute Gasteiger partial charge is 0.303 e. The molecule has 5 atom stereocenters. The summed E-state index contributed by atoms with van der Waals surface area (Å²) < 4.78 is 27.9. The Labute approximate surface area is 254 Å². The molecule has 43 heavy (non-hydrogen) atoms. The first kappa shape index (κ1) is 38.2. The highest BCUT2D eigenvalue weighted by atomic mass is 16.7. The summed E-state index contributed by atoms with van der Waals surface area (Å²) in [6.45, 7) is 8.64. The van der Waals surface area contributed by atoms with E-state index in [-0.39, 0.29) is 19.1 Å². The minimum Gasteiger partial charge on any atom is -0.463 e. The molecule has 3 unspecified atom stereocenters. The number of hydrogen-bond acceptors (Lipinski definition) is 13. The summed E-state index contributed by atoms with van der Waals surface area (Å²) in [6.07, 6.45) is -0.787. The van der Waals surface area contributed by atoms with Crippen molar-refractivity contribution in [3.63, 3.8) is 0 Å². The lowest BCUT2D eigenvalue weighted by Gasteiger charge is -2.44. The number of carbonyl (C=O) groups is 5. The maximum Gasteiger partial charge on any atom is 0.303 e. The average molecular weight is 618 g/mol. The summed E-state index contributed by atoms with van der Waals surface area (Å²) in [5.41, 5.74) is 11.2. The van der Waals surface area contributed by atoms with Crippen LogP contribution in [0.15, 0.2) is 0 Å². The van der Waals surface area contributed by atoms with Crippen LogP contribution >= 0.6 is 0 Å². The van der Waals surface area contributed by atoms with E-state index in [2.05, 4.69) is 10.6 Å². The second-order valence-corrected chi connectivity index (χ2v) is 10.3. The Bertz CT molecular complexity index is 877.